The summed E-state index contributed by atoms with van der Waals surface area (Å²) in [6, 6.07) is 0. The molecular formula is C8H14Cl2Ti. The number of alkyl halides is 2. The SMILES string of the molecule is CCl.CCl.[C-]1=CC=CC1.[CH3-].[Ti+2]. The molecule has 11 heavy (non-hydrogen) atoms. The van der Waals surface area contributed by atoms with E-state index in [1.54, 1.807) is 0 Å². The van der Waals surface area contributed by atoms with Crippen molar-refractivity contribution < 1.29 is 21.7 Å². The zero-order valence-electron chi connectivity index (χ0n) is 7.20. The first kappa shape index (κ1) is 22.6. The van der Waals surface area contributed by atoms with Crippen LogP contribution in [0.1, 0.15) is 6.42 Å². The molecule has 64 valence electrons. The third-order valence-electron chi connectivity index (χ3n) is 0.586. The van der Waals surface area contributed by atoms with Crippen LogP contribution >= 0.6 is 23.2 Å². The molecule has 1 aliphatic carbocycles. The van der Waals surface area contributed by atoms with Crippen molar-refractivity contribution in [2.24, 2.45) is 0 Å². The van der Waals surface area contributed by atoms with Crippen molar-refractivity contribution in [3.05, 3.63) is 31.7 Å². The van der Waals surface area contributed by atoms with Crippen molar-refractivity contribution in [3.8, 4) is 0 Å². The summed E-state index contributed by atoms with van der Waals surface area (Å²) >= 11 is 9.28. The van der Waals surface area contributed by atoms with E-state index in [1.165, 1.54) is 12.8 Å². The molecule has 0 aromatic heterocycles. The van der Waals surface area contributed by atoms with Gasteiger partial charge in [0.05, 0.1) is 0 Å². The van der Waals surface area contributed by atoms with Crippen LogP contribution in [0.5, 0.6) is 0 Å². The average Bonchev–Trinajstić information content (AvgIpc) is 2.51. The van der Waals surface area contributed by atoms with E-state index in [-0.39, 0.29) is 29.1 Å². The molecule has 0 fully saturated rings. The standard InChI is InChI=1S/C5H5.2CH3Cl.CH3.Ti/c1-2-4-5-3-1;2*1-2;;/h1-3H,4H2;2*1H3;1H3;/q-1;;;-1;+2. The Morgan fingerprint density at radius 3 is 1.73 bits per heavy atom. The quantitative estimate of drug-likeness (QED) is 0.339. The summed E-state index contributed by atoms with van der Waals surface area (Å²) in [7, 11) is 0. The summed E-state index contributed by atoms with van der Waals surface area (Å²) in [6.07, 6.45) is 12.9. The second-order valence-electron chi connectivity index (χ2n) is 1.00. The van der Waals surface area contributed by atoms with Crippen molar-refractivity contribution in [2.45, 2.75) is 6.42 Å². The molecule has 0 saturated heterocycles. The summed E-state index contributed by atoms with van der Waals surface area (Å²) in [5, 5.41) is 0. The van der Waals surface area contributed by atoms with Gasteiger partial charge in [0, 0.05) is 12.8 Å². The Kier molecular flexibility index (Phi) is 63.5. The van der Waals surface area contributed by atoms with Gasteiger partial charge in [0.15, 0.2) is 0 Å². The molecule has 0 atom stereocenters. The first-order valence-electron chi connectivity index (χ1n) is 2.47. The molecule has 3 heteroatoms. The maximum Gasteiger partial charge on any atom is 2.00 e. The van der Waals surface area contributed by atoms with E-state index in [2.05, 4.69) is 35.4 Å². The molecule has 0 saturated carbocycles. The molecule has 0 spiro atoms. The smallest absolute Gasteiger partial charge is 0.358 e. The zero-order chi connectivity index (χ0) is 7.54. The van der Waals surface area contributed by atoms with E-state index in [1.807, 2.05) is 12.2 Å². The minimum atomic E-state index is 0. The van der Waals surface area contributed by atoms with E-state index < -0.39 is 0 Å². The summed E-state index contributed by atoms with van der Waals surface area (Å²) in [5.74, 6) is 0. The zero-order valence-corrected chi connectivity index (χ0v) is 10.3. The minimum Gasteiger partial charge on any atom is -0.358 e. The van der Waals surface area contributed by atoms with Crippen molar-refractivity contribution >= 4 is 23.2 Å². The molecule has 1 aliphatic rings. The van der Waals surface area contributed by atoms with Gasteiger partial charge >= 0.3 is 21.7 Å². The number of hydrogen-bond donors (Lipinski definition) is 0. The van der Waals surface area contributed by atoms with Crippen LogP contribution < -0.4 is 0 Å². The fourth-order valence-corrected chi connectivity index (χ4v) is 0.340. The van der Waals surface area contributed by atoms with E-state index in [0.717, 1.165) is 6.42 Å². The van der Waals surface area contributed by atoms with Gasteiger partial charge in [-0.1, -0.05) is 0 Å². The van der Waals surface area contributed by atoms with Crippen LogP contribution in [-0.4, -0.2) is 12.8 Å². The van der Waals surface area contributed by atoms with Crippen molar-refractivity contribution in [2.75, 3.05) is 12.8 Å². The van der Waals surface area contributed by atoms with Crippen molar-refractivity contribution in [1.82, 2.24) is 0 Å². The first-order valence-corrected chi connectivity index (χ1v) is 3.98. The molecule has 0 nitrogen and oxygen atoms in total. The normalized spacial score (nSPS) is 9.09. The Morgan fingerprint density at radius 1 is 1.18 bits per heavy atom. The Hall–Kier alpha value is 0.774. The van der Waals surface area contributed by atoms with Gasteiger partial charge in [-0.15, -0.1) is 29.6 Å². The molecule has 0 aromatic carbocycles. The Morgan fingerprint density at radius 2 is 1.64 bits per heavy atom. The fraction of sp³-hybridized carbons (Fsp3) is 0.375. The number of allylic oxidation sites excluding steroid dienone is 4. The molecule has 0 unspecified atom stereocenters. The molecular weight excluding hydrogens is 215 g/mol. The molecule has 0 amide bonds. The predicted molar refractivity (Wildman–Crippen MR) is 51.5 cm³/mol. The topological polar surface area (TPSA) is 0 Å². The maximum absolute atomic E-state index is 4.64. The Labute approximate surface area is 95.5 Å². The van der Waals surface area contributed by atoms with Gasteiger partial charge in [-0.3, -0.25) is 6.08 Å². The predicted octanol–water partition coefficient (Wildman–Crippen LogP) is 3.46. The number of halogens is 2. The van der Waals surface area contributed by atoms with E-state index in [4.69, 9.17) is 0 Å². The largest absolute Gasteiger partial charge is 2.00 e. The van der Waals surface area contributed by atoms with E-state index in [0.29, 0.717) is 0 Å². The third kappa shape index (κ3) is 24.9. The third-order valence-corrected chi connectivity index (χ3v) is 0.586. The number of hydrogen-bond acceptors (Lipinski definition) is 0. The molecule has 0 N–H and O–H groups in total. The van der Waals surface area contributed by atoms with Gasteiger partial charge in [-0.25, -0.2) is 12.2 Å². The Balaban J connectivity index is -0.0000000369. The van der Waals surface area contributed by atoms with Crippen LogP contribution in [0.15, 0.2) is 18.2 Å². The molecule has 0 radical (unpaired) electrons. The molecule has 0 heterocycles. The molecule has 0 bridgehead atoms. The van der Waals surface area contributed by atoms with Crippen molar-refractivity contribution in [1.29, 1.82) is 0 Å². The van der Waals surface area contributed by atoms with Crippen molar-refractivity contribution in [3.63, 3.8) is 0 Å². The van der Waals surface area contributed by atoms with Crippen LogP contribution in [-0.2, 0) is 21.7 Å². The van der Waals surface area contributed by atoms with E-state index >= 15 is 0 Å². The molecule has 1 rings (SSSR count). The van der Waals surface area contributed by atoms with E-state index in [9.17, 15) is 0 Å². The second-order valence-corrected chi connectivity index (χ2v) is 1.00. The van der Waals surface area contributed by atoms with Crippen LogP contribution in [0.4, 0.5) is 0 Å². The average molecular weight is 229 g/mol. The monoisotopic (exact) mass is 228 g/mol. The van der Waals surface area contributed by atoms with Gasteiger partial charge in [0.1, 0.15) is 0 Å². The molecule has 0 aliphatic heterocycles. The maximum atomic E-state index is 4.64. The van der Waals surface area contributed by atoms with Crippen LogP contribution in [0.3, 0.4) is 0 Å². The van der Waals surface area contributed by atoms with Gasteiger partial charge in [0.25, 0.3) is 0 Å². The second kappa shape index (κ2) is 30.9. The van der Waals surface area contributed by atoms with Gasteiger partial charge in [-0.05, 0) is 0 Å². The summed E-state index contributed by atoms with van der Waals surface area (Å²) in [6.45, 7) is 0. The van der Waals surface area contributed by atoms with Crippen LogP contribution in [0.25, 0.3) is 0 Å². The minimum absolute atomic E-state index is 0. The summed E-state index contributed by atoms with van der Waals surface area (Å²) in [4.78, 5) is 0. The summed E-state index contributed by atoms with van der Waals surface area (Å²) in [5.41, 5.74) is 0. The molecule has 0 aromatic rings. The number of rotatable bonds is 0. The van der Waals surface area contributed by atoms with Gasteiger partial charge in [-0.2, -0.15) is 6.08 Å². The van der Waals surface area contributed by atoms with Gasteiger partial charge in [0.2, 0.25) is 0 Å². The fourth-order valence-electron chi connectivity index (χ4n) is 0.340. The van der Waals surface area contributed by atoms with Gasteiger partial charge < -0.3 is 7.43 Å². The first-order chi connectivity index (χ1) is 4.50. The summed E-state index contributed by atoms with van der Waals surface area (Å²) < 4.78 is 0. The van der Waals surface area contributed by atoms with Crippen LogP contribution in [0, 0.1) is 13.5 Å². The Bertz CT molecular complexity index is 70.2. The van der Waals surface area contributed by atoms with Crippen LogP contribution in [0.2, 0.25) is 0 Å².